The molecule has 1 aliphatic rings. The first-order chi connectivity index (χ1) is 9.30. The number of hydrogen-bond acceptors (Lipinski definition) is 4. The van der Waals surface area contributed by atoms with Gasteiger partial charge < -0.3 is 10.1 Å². The monoisotopic (exact) mass is 301 g/mol. The lowest BCUT2D eigenvalue weighted by atomic mass is 10.0. The van der Waals surface area contributed by atoms with E-state index in [1.165, 1.54) is 18.2 Å². The van der Waals surface area contributed by atoms with Gasteiger partial charge >= 0.3 is 0 Å². The number of rotatable bonds is 4. The third-order valence-corrected chi connectivity index (χ3v) is 5.04. The van der Waals surface area contributed by atoms with Crippen LogP contribution in [-0.2, 0) is 14.6 Å². The van der Waals surface area contributed by atoms with Gasteiger partial charge in [0.15, 0.2) is 28.0 Å². The maximum Gasteiger partial charge on any atom is 0.258 e. The zero-order valence-corrected chi connectivity index (χ0v) is 11.9. The fourth-order valence-corrected chi connectivity index (χ4v) is 4.28. The minimum atomic E-state index is -3.09. The average molecular weight is 301 g/mol. The number of benzene rings is 1. The largest absolute Gasteiger partial charge is 0.481 e. The van der Waals surface area contributed by atoms with E-state index >= 15 is 0 Å². The summed E-state index contributed by atoms with van der Waals surface area (Å²) in [5.41, 5.74) is -0.769. The zero-order valence-electron chi connectivity index (χ0n) is 11.1. The molecule has 1 aromatic carbocycles. The maximum absolute atomic E-state index is 13.3. The molecule has 0 radical (unpaired) electrons. The van der Waals surface area contributed by atoms with Gasteiger partial charge in [-0.2, -0.15) is 0 Å². The van der Waals surface area contributed by atoms with E-state index in [4.69, 9.17) is 4.74 Å². The standard InChI is InChI=1S/C13H16FNO4S/c1-13(6-7-20(17,18)9-13)15-12(16)8-19-11-5-3-2-4-10(11)14/h2-5H,6-9H2,1H3,(H,15,16). The van der Waals surface area contributed by atoms with Crippen molar-refractivity contribution in [2.75, 3.05) is 18.1 Å². The van der Waals surface area contributed by atoms with E-state index in [0.29, 0.717) is 6.42 Å². The van der Waals surface area contributed by atoms with Crippen molar-refractivity contribution in [1.82, 2.24) is 5.32 Å². The third kappa shape index (κ3) is 3.69. The first-order valence-corrected chi connectivity index (χ1v) is 8.01. The Labute approximate surface area is 117 Å². The Bertz CT molecular complexity index is 617. The van der Waals surface area contributed by atoms with Crippen LogP contribution in [0.15, 0.2) is 24.3 Å². The highest BCUT2D eigenvalue weighted by atomic mass is 32.2. The molecule has 0 aromatic heterocycles. The van der Waals surface area contributed by atoms with E-state index in [0.717, 1.165) is 0 Å². The Hall–Kier alpha value is -1.63. The number of nitrogens with one attached hydrogen (secondary N) is 1. The highest BCUT2D eigenvalue weighted by Crippen LogP contribution is 2.22. The topological polar surface area (TPSA) is 72.5 Å². The van der Waals surface area contributed by atoms with Crippen LogP contribution >= 0.6 is 0 Å². The summed E-state index contributed by atoms with van der Waals surface area (Å²) in [4.78, 5) is 11.7. The molecule has 1 aromatic rings. The molecular weight excluding hydrogens is 285 g/mol. The SMILES string of the molecule is CC1(NC(=O)COc2ccccc2F)CCS(=O)(=O)C1. The lowest BCUT2D eigenvalue weighted by Crippen LogP contribution is -2.48. The fraction of sp³-hybridized carbons (Fsp3) is 0.462. The molecule has 1 aliphatic heterocycles. The molecule has 1 N–H and O–H groups in total. The zero-order chi connectivity index (χ0) is 14.8. The molecule has 20 heavy (non-hydrogen) atoms. The number of para-hydroxylation sites is 1. The normalized spacial score (nSPS) is 24.3. The van der Waals surface area contributed by atoms with Gasteiger partial charge in [-0.25, -0.2) is 12.8 Å². The molecule has 0 saturated carbocycles. The Morgan fingerprint density at radius 3 is 2.75 bits per heavy atom. The molecule has 7 heteroatoms. The Morgan fingerprint density at radius 1 is 1.45 bits per heavy atom. The van der Waals surface area contributed by atoms with E-state index in [1.807, 2.05) is 0 Å². The molecule has 1 atom stereocenters. The molecule has 110 valence electrons. The van der Waals surface area contributed by atoms with Crippen LogP contribution in [-0.4, -0.2) is 38.0 Å². The number of carbonyl (C=O) groups excluding carboxylic acids is 1. The molecule has 1 saturated heterocycles. The van der Waals surface area contributed by atoms with Crippen molar-refractivity contribution in [3.05, 3.63) is 30.1 Å². The molecule has 1 unspecified atom stereocenters. The number of halogens is 1. The number of amides is 1. The molecule has 0 spiro atoms. The van der Waals surface area contributed by atoms with Crippen molar-refractivity contribution in [3.63, 3.8) is 0 Å². The fourth-order valence-electron chi connectivity index (χ4n) is 2.19. The van der Waals surface area contributed by atoms with Gasteiger partial charge in [0, 0.05) is 0 Å². The van der Waals surface area contributed by atoms with Crippen LogP contribution in [0.4, 0.5) is 4.39 Å². The van der Waals surface area contributed by atoms with Gasteiger partial charge in [0.1, 0.15) is 0 Å². The van der Waals surface area contributed by atoms with Gasteiger partial charge in [-0.1, -0.05) is 12.1 Å². The van der Waals surface area contributed by atoms with Crippen LogP contribution in [0, 0.1) is 5.82 Å². The summed E-state index contributed by atoms with van der Waals surface area (Å²) >= 11 is 0. The van der Waals surface area contributed by atoms with Gasteiger partial charge in [0.05, 0.1) is 17.0 Å². The highest BCUT2D eigenvalue weighted by Gasteiger charge is 2.39. The smallest absolute Gasteiger partial charge is 0.258 e. The first kappa shape index (κ1) is 14.8. The minimum absolute atomic E-state index is 0.00755. The summed E-state index contributed by atoms with van der Waals surface area (Å²) in [7, 11) is -3.09. The second-order valence-electron chi connectivity index (χ2n) is 5.17. The summed E-state index contributed by atoms with van der Waals surface area (Å²) in [6.45, 7) is 1.33. The second-order valence-corrected chi connectivity index (χ2v) is 7.35. The number of ether oxygens (including phenoxy) is 1. The Morgan fingerprint density at radius 2 is 2.15 bits per heavy atom. The lowest BCUT2D eigenvalue weighted by molar-refractivity contribution is -0.124. The van der Waals surface area contributed by atoms with Crippen molar-refractivity contribution in [1.29, 1.82) is 0 Å². The lowest BCUT2D eigenvalue weighted by Gasteiger charge is -2.23. The van der Waals surface area contributed by atoms with Crippen LogP contribution < -0.4 is 10.1 Å². The van der Waals surface area contributed by atoms with E-state index in [1.54, 1.807) is 13.0 Å². The highest BCUT2D eigenvalue weighted by molar-refractivity contribution is 7.91. The third-order valence-electron chi connectivity index (χ3n) is 3.14. The first-order valence-electron chi connectivity index (χ1n) is 6.18. The van der Waals surface area contributed by atoms with Crippen molar-refractivity contribution in [2.24, 2.45) is 0 Å². The van der Waals surface area contributed by atoms with Gasteiger partial charge in [-0.05, 0) is 25.5 Å². The maximum atomic E-state index is 13.3. The summed E-state index contributed by atoms with van der Waals surface area (Å²) in [5, 5.41) is 2.64. The Kier molecular flexibility index (Phi) is 3.99. The molecule has 0 bridgehead atoms. The number of carbonyl (C=O) groups is 1. The van der Waals surface area contributed by atoms with Gasteiger partial charge in [-0.15, -0.1) is 0 Å². The number of hydrogen-bond donors (Lipinski definition) is 1. The van der Waals surface area contributed by atoms with Crippen molar-refractivity contribution in [2.45, 2.75) is 18.9 Å². The summed E-state index contributed by atoms with van der Waals surface area (Å²) in [6, 6.07) is 5.77. The van der Waals surface area contributed by atoms with Crippen LogP contribution in [0.5, 0.6) is 5.75 Å². The molecule has 5 nitrogen and oxygen atoms in total. The van der Waals surface area contributed by atoms with Crippen molar-refractivity contribution < 1.29 is 22.3 Å². The van der Waals surface area contributed by atoms with Crippen LogP contribution in [0.25, 0.3) is 0 Å². The number of sulfone groups is 1. The molecule has 1 fully saturated rings. The summed E-state index contributed by atoms with van der Waals surface area (Å²) in [6.07, 6.45) is 0.376. The quantitative estimate of drug-likeness (QED) is 0.897. The van der Waals surface area contributed by atoms with E-state index < -0.39 is 27.1 Å². The molecule has 1 heterocycles. The van der Waals surface area contributed by atoms with Gasteiger partial charge in [-0.3, -0.25) is 4.79 Å². The predicted molar refractivity (Wildman–Crippen MR) is 71.7 cm³/mol. The van der Waals surface area contributed by atoms with Crippen LogP contribution in [0.2, 0.25) is 0 Å². The molecule has 2 rings (SSSR count). The predicted octanol–water partition coefficient (Wildman–Crippen LogP) is 0.898. The van der Waals surface area contributed by atoms with Crippen LogP contribution in [0.1, 0.15) is 13.3 Å². The van der Waals surface area contributed by atoms with E-state index in [-0.39, 0.29) is 23.9 Å². The van der Waals surface area contributed by atoms with Gasteiger partial charge in [0.25, 0.3) is 5.91 Å². The second kappa shape index (κ2) is 5.40. The van der Waals surface area contributed by atoms with Crippen LogP contribution in [0.3, 0.4) is 0 Å². The average Bonchev–Trinajstić information content (AvgIpc) is 2.62. The van der Waals surface area contributed by atoms with Crippen molar-refractivity contribution in [3.8, 4) is 5.75 Å². The van der Waals surface area contributed by atoms with Crippen molar-refractivity contribution >= 4 is 15.7 Å². The summed E-state index contributed by atoms with van der Waals surface area (Å²) in [5.74, 6) is -1.03. The Balaban J connectivity index is 1.89. The van der Waals surface area contributed by atoms with E-state index in [2.05, 4.69) is 5.32 Å². The molecular formula is C13H16FNO4S. The minimum Gasteiger partial charge on any atom is -0.481 e. The molecule has 1 amide bonds. The summed E-state index contributed by atoms with van der Waals surface area (Å²) < 4.78 is 41.2. The van der Waals surface area contributed by atoms with Gasteiger partial charge in [0.2, 0.25) is 0 Å². The van der Waals surface area contributed by atoms with E-state index in [9.17, 15) is 17.6 Å². The molecule has 0 aliphatic carbocycles.